The van der Waals surface area contributed by atoms with Crippen molar-refractivity contribution < 1.29 is 14.2 Å². The van der Waals surface area contributed by atoms with E-state index in [-0.39, 0.29) is 29.5 Å². The third kappa shape index (κ3) is 5.78. The average molecular weight is 423 g/mol. The van der Waals surface area contributed by atoms with E-state index in [4.69, 9.17) is 19.9 Å². The Kier molecular flexibility index (Phi) is 8.36. The number of ether oxygens (including phenoxy) is 3. The maximum atomic E-state index is 5.87. The van der Waals surface area contributed by atoms with Crippen molar-refractivity contribution in [2.24, 2.45) is 10.7 Å². The first-order valence-electron chi connectivity index (χ1n) is 6.68. The van der Waals surface area contributed by atoms with Crippen LogP contribution in [0.2, 0.25) is 0 Å². The molecule has 3 N–H and O–H groups in total. The molecule has 0 atom stereocenters. The Morgan fingerprint density at radius 1 is 1.09 bits per heavy atom. The highest BCUT2D eigenvalue weighted by atomic mass is 127. The van der Waals surface area contributed by atoms with Gasteiger partial charge in [-0.1, -0.05) is 0 Å². The first-order valence-corrected chi connectivity index (χ1v) is 6.68. The number of nitrogens with two attached hydrogens (primary N) is 1. The van der Waals surface area contributed by atoms with E-state index >= 15 is 0 Å². The van der Waals surface area contributed by atoms with Gasteiger partial charge in [0.1, 0.15) is 0 Å². The zero-order valence-corrected chi connectivity index (χ0v) is 16.3. The molecule has 0 unspecified atom stereocenters. The van der Waals surface area contributed by atoms with Gasteiger partial charge >= 0.3 is 0 Å². The SMILES string of the molecule is COc1ccc(CN=C(N)NC(C)(C)C)c(OC)c1OC.I. The summed E-state index contributed by atoms with van der Waals surface area (Å²) >= 11 is 0. The summed E-state index contributed by atoms with van der Waals surface area (Å²) in [5, 5.41) is 3.11. The van der Waals surface area contributed by atoms with Gasteiger partial charge in [0.2, 0.25) is 5.75 Å². The quantitative estimate of drug-likeness (QED) is 0.433. The van der Waals surface area contributed by atoms with Gasteiger partial charge in [-0.15, -0.1) is 24.0 Å². The summed E-state index contributed by atoms with van der Waals surface area (Å²) in [5.41, 5.74) is 6.61. The van der Waals surface area contributed by atoms with Gasteiger partial charge < -0.3 is 25.3 Å². The van der Waals surface area contributed by atoms with E-state index in [0.29, 0.717) is 29.8 Å². The molecule has 0 aliphatic heterocycles. The third-order valence-electron chi connectivity index (χ3n) is 2.71. The van der Waals surface area contributed by atoms with Crippen LogP contribution in [0.3, 0.4) is 0 Å². The number of nitrogens with zero attached hydrogens (tertiary/aromatic N) is 1. The number of rotatable bonds is 5. The highest BCUT2D eigenvalue weighted by molar-refractivity contribution is 14.0. The molecule has 0 heterocycles. The van der Waals surface area contributed by atoms with E-state index in [1.165, 1.54) is 0 Å². The minimum Gasteiger partial charge on any atom is -0.493 e. The molecule has 6 nitrogen and oxygen atoms in total. The second kappa shape index (κ2) is 8.92. The van der Waals surface area contributed by atoms with Gasteiger partial charge in [-0.2, -0.15) is 0 Å². The predicted molar refractivity (Wildman–Crippen MR) is 99.7 cm³/mol. The topological polar surface area (TPSA) is 78.1 Å². The van der Waals surface area contributed by atoms with Crippen LogP contribution in [-0.4, -0.2) is 32.8 Å². The van der Waals surface area contributed by atoms with Crippen LogP contribution < -0.4 is 25.3 Å². The molecular weight excluding hydrogens is 397 g/mol. The summed E-state index contributed by atoms with van der Waals surface area (Å²) < 4.78 is 16.0. The van der Waals surface area contributed by atoms with Crippen LogP contribution in [0.25, 0.3) is 0 Å². The van der Waals surface area contributed by atoms with Crippen molar-refractivity contribution in [3.8, 4) is 17.2 Å². The van der Waals surface area contributed by atoms with E-state index in [9.17, 15) is 0 Å². The average Bonchev–Trinajstić information content (AvgIpc) is 2.41. The number of hydrogen-bond acceptors (Lipinski definition) is 4. The van der Waals surface area contributed by atoms with Gasteiger partial charge in [-0.3, -0.25) is 0 Å². The van der Waals surface area contributed by atoms with Crippen LogP contribution >= 0.6 is 24.0 Å². The van der Waals surface area contributed by atoms with E-state index in [0.717, 1.165) is 5.56 Å². The fourth-order valence-electron chi connectivity index (χ4n) is 1.88. The van der Waals surface area contributed by atoms with Gasteiger partial charge in [-0.05, 0) is 32.9 Å². The number of methoxy groups -OCH3 is 3. The lowest BCUT2D eigenvalue weighted by molar-refractivity contribution is 0.322. The Morgan fingerprint density at radius 2 is 1.68 bits per heavy atom. The van der Waals surface area contributed by atoms with Gasteiger partial charge in [0.25, 0.3) is 0 Å². The standard InChI is InChI=1S/C15H25N3O3.HI/c1-15(2,3)18-14(16)17-9-10-7-8-11(19-4)13(21-6)12(10)20-5;/h7-8H,9H2,1-6H3,(H3,16,17,18);1H. The largest absolute Gasteiger partial charge is 0.493 e. The first kappa shape index (κ1) is 20.6. The summed E-state index contributed by atoms with van der Waals surface area (Å²) in [5.74, 6) is 2.15. The van der Waals surface area contributed by atoms with Crippen molar-refractivity contribution in [3.63, 3.8) is 0 Å². The second-order valence-electron chi connectivity index (χ2n) is 5.57. The first-order chi connectivity index (χ1) is 9.82. The van der Waals surface area contributed by atoms with Gasteiger partial charge in [0.05, 0.1) is 27.9 Å². The van der Waals surface area contributed by atoms with Crippen LogP contribution in [-0.2, 0) is 6.54 Å². The minimum absolute atomic E-state index is 0. The van der Waals surface area contributed by atoms with Crippen LogP contribution in [0.15, 0.2) is 17.1 Å². The van der Waals surface area contributed by atoms with E-state index < -0.39 is 0 Å². The van der Waals surface area contributed by atoms with Crippen LogP contribution in [0.5, 0.6) is 17.2 Å². The Hall–Kier alpha value is -1.38. The Morgan fingerprint density at radius 3 is 2.14 bits per heavy atom. The fraction of sp³-hybridized carbons (Fsp3) is 0.533. The van der Waals surface area contributed by atoms with Gasteiger partial charge in [0, 0.05) is 11.1 Å². The maximum Gasteiger partial charge on any atom is 0.203 e. The fourth-order valence-corrected chi connectivity index (χ4v) is 1.88. The predicted octanol–water partition coefficient (Wildman–Crippen LogP) is 2.53. The van der Waals surface area contributed by atoms with Gasteiger partial charge in [0.15, 0.2) is 17.5 Å². The highest BCUT2D eigenvalue weighted by Crippen LogP contribution is 2.39. The molecule has 0 fully saturated rings. The maximum absolute atomic E-state index is 5.87. The molecule has 0 spiro atoms. The van der Waals surface area contributed by atoms with Crippen molar-refractivity contribution in [1.82, 2.24) is 5.32 Å². The Balaban J connectivity index is 0.00000441. The Bertz CT molecular complexity index is 513. The smallest absolute Gasteiger partial charge is 0.203 e. The number of nitrogens with one attached hydrogen (secondary N) is 1. The van der Waals surface area contributed by atoms with Crippen LogP contribution in [0.1, 0.15) is 26.3 Å². The number of benzene rings is 1. The number of guanidine groups is 1. The van der Waals surface area contributed by atoms with Crippen molar-refractivity contribution in [2.45, 2.75) is 32.9 Å². The molecule has 126 valence electrons. The minimum atomic E-state index is -0.130. The molecule has 7 heteroatoms. The normalized spacial score (nSPS) is 11.5. The van der Waals surface area contributed by atoms with Crippen molar-refractivity contribution in [1.29, 1.82) is 0 Å². The van der Waals surface area contributed by atoms with Crippen molar-refractivity contribution >= 4 is 29.9 Å². The molecule has 0 saturated carbocycles. The summed E-state index contributed by atoms with van der Waals surface area (Å²) in [7, 11) is 4.74. The molecule has 0 bridgehead atoms. The van der Waals surface area contributed by atoms with Gasteiger partial charge in [-0.25, -0.2) is 4.99 Å². The molecule has 0 aliphatic carbocycles. The molecule has 1 aromatic rings. The van der Waals surface area contributed by atoms with E-state index in [2.05, 4.69) is 10.3 Å². The molecule has 22 heavy (non-hydrogen) atoms. The lowest BCUT2D eigenvalue weighted by Gasteiger charge is -2.21. The number of hydrogen-bond donors (Lipinski definition) is 2. The molecule has 0 aromatic heterocycles. The zero-order valence-electron chi connectivity index (χ0n) is 14.0. The molecule has 0 radical (unpaired) electrons. The lowest BCUT2D eigenvalue weighted by atomic mass is 10.1. The third-order valence-corrected chi connectivity index (χ3v) is 2.71. The van der Waals surface area contributed by atoms with Crippen molar-refractivity contribution in [3.05, 3.63) is 17.7 Å². The molecular formula is C15H26IN3O3. The van der Waals surface area contributed by atoms with Crippen molar-refractivity contribution in [2.75, 3.05) is 21.3 Å². The molecule has 0 amide bonds. The monoisotopic (exact) mass is 423 g/mol. The molecule has 0 saturated heterocycles. The molecule has 1 rings (SSSR count). The summed E-state index contributed by atoms with van der Waals surface area (Å²) in [6.07, 6.45) is 0. The summed E-state index contributed by atoms with van der Waals surface area (Å²) in [4.78, 5) is 4.33. The van der Waals surface area contributed by atoms with Crippen LogP contribution in [0, 0.1) is 0 Å². The number of aliphatic imine (C=N–C) groups is 1. The molecule has 1 aromatic carbocycles. The molecule has 0 aliphatic rings. The summed E-state index contributed by atoms with van der Waals surface area (Å²) in [6, 6.07) is 3.70. The van der Waals surface area contributed by atoms with E-state index in [1.54, 1.807) is 21.3 Å². The van der Waals surface area contributed by atoms with E-state index in [1.807, 2.05) is 32.9 Å². The highest BCUT2D eigenvalue weighted by Gasteiger charge is 2.16. The number of halogens is 1. The Labute approximate surface area is 149 Å². The second-order valence-corrected chi connectivity index (χ2v) is 5.57. The summed E-state index contributed by atoms with van der Waals surface area (Å²) in [6.45, 7) is 6.45. The van der Waals surface area contributed by atoms with Crippen LogP contribution in [0.4, 0.5) is 0 Å². The lowest BCUT2D eigenvalue weighted by Crippen LogP contribution is -2.44. The zero-order chi connectivity index (χ0) is 16.0.